The van der Waals surface area contributed by atoms with Crippen LogP contribution >= 0.6 is 11.6 Å². The van der Waals surface area contributed by atoms with Crippen LogP contribution in [-0.2, 0) is 14.8 Å². The van der Waals surface area contributed by atoms with Gasteiger partial charge in [-0.15, -0.1) is 0 Å². The molecule has 0 unspecified atom stereocenters. The minimum absolute atomic E-state index is 0.0860. The Hall–Kier alpha value is -1.13. The van der Waals surface area contributed by atoms with Crippen molar-refractivity contribution in [2.45, 2.75) is 31.2 Å². The molecule has 116 valence electrons. The third-order valence-corrected chi connectivity index (χ3v) is 5.59. The first-order valence-corrected chi connectivity index (χ1v) is 8.40. The Balaban J connectivity index is 3.22. The summed E-state index contributed by atoms with van der Waals surface area (Å²) in [7, 11) is -2.14. The van der Waals surface area contributed by atoms with Crippen LogP contribution in [0.3, 0.4) is 0 Å². The number of ether oxygens (including phenoxy) is 1. The molecule has 7 heteroatoms. The molecule has 0 fully saturated rings. The first-order valence-electron chi connectivity index (χ1n) is 6.58. The molecule has 1 aromatic rings. The largest absolute Gasteiger partial charge is 0.383 e. The number of hydrogen-bond acceptors (Lipinski definition) is 4. The molecule has 0 heterocycles. The van der Waals surface area contributed by atoms with Gasteiger partial charge in [0.1, 0.15) is 6.07 Å². The lowest BCUT2D eigenvalue weighted by Gasteiger charge is -2.27. The molecule has 0 aromatic heterocycles. The molecule has 0 N–H and O–H groups in total. The molecule has 0 aliphatic rings. The van der Waals surface area contributed by atoms with Crippen molar-refractivity contribution in [1.29, 1.82) is 5.26 Å². The van der Waals surface area contributed by atoms with Crippen LogP contribution in [0.25, 0.3) is 0 Å². The van der Waals surface area contributed by atoms with Gasteiger partial charge in [-0.2, -0.15) is 9.57 Å². The minimum atomic E-state index is -3.67. The van der Waals surface area contributed by atoms with Gasteiger partial charge in [0.25, 0.3) is 0 Å². The first kappa shape index (κ1) is 17.9. The van der Waals surface area contributed by atoms with Gasteiger partial charge >= 0.3 is 0 Å². The lowest BCUT2D eigenvalue weighted by molar-refractivity contribution is 0.167. The van der Waals surface area contributed by atoms with Crippen molar-refractivity contribution >= 4 is 21.6 Å². The normalized spacial score (nSPS) is 13.1. The second kappa shape index (κ2) is 7.76. The molecular weight excluding hydrogens is 312 g/mol. The van der Waals surface area contributed by atoms with Crippen LogP contribution in [0.5, 0.6) is 0 Å². The molecule has 0 saturated carbocycles. The Labute approximate surface area is 131 Å². The van der Waals surface area contributed by atoms with Crippen LogP contribution in [-0.4, -0.2) is 39.0 Å². The van der Waals surface area contributed by atoms with Crippen LogP contribution in [0.2, 0.25) is 5.02 Å². The molecule has 5 nitrogen and oxygen atoms in total. The molecule has 0 amide bonds. The van der Waals surface area contributed by atoms with E-state index in [0.29, 0.717) is 13.0 Å². The maximum Gasteiger partial charge on any atom is 0.243 e. The van der Waals surface area contributed by atoms with Gasteiger partial charge in [0.2, 0.25) is 10.0 Å². The van der Waals surface area contributed by atoms with Gasteiger partial charge in [-0.3, -0.25) is 0 Å². The van der Waals surface area contributed by atoms with E-state index >= 15 is 0 Å². The van der Waals surface area contributed by atoms with Gasteiger partial charge in [-0.25, -0.2) is 8.42 Å². The molecular formula is C14H19ClN2O3S. The van der Waals surface area contributed by atoms with Gasteiger partial charge in [-0.05, 0) is 31.5 Å². The van der Waals surface area contributed by atoms with Gasteiger partial charge in [0.15, 0.2) is 0 Å². The highest BCUT2D eigenvalue weighted by molar-refractivity contribution is 7.89. The van der Waals surface area contributed by atoms with Crippen LogP contribution in [0.15, 0.2) is 23.1 Å². The van der Waals surface area contributed by atoms with Crippen molar-refractivity contribution in [2.24, 2.45) is 0 Å². The minimum Gasteiger partial charge on any atom is -0.383 e. The zero-order chi connectivity index (χ0) is 16.0. The Bertz CT molecular complexity index is 626. The standard InChI is InChI=1S/C14H19ClN2O3S/c1-4-11(2)17(7-8-20-3)21(18,19)13-6-5-12(10-16)14(15)9-13/h5-6,9,11H,4,7-8H2,1-3H3/t11-/m0/s1. The summed E-state index contributed by atoms with van der Waals surface area (Å²) in [6, 6.07) is 5.90. The number of rotatable bonds is 7. The van der Waals surface area contributed by atoms with E-state index < -0.39 is 10.0 Å². The molecule has 1 rings (SSSR count). The summed E-state index contributed by atoms with van der Waals surface area (Å²) < 4.78 is 31.8. The molecule has 0 aliphatic heterocycles. The summed E-state index contributed by atoms with van der Waals surface area (Å²) in [6.45, 7) is 4.35. The average molecular weight is 331 g/mol. The number of nitriles is 1. The average Bonchev–Trinajstić information content (AvgIpc) is 2.46. The second-order valence-electron chi connectivity index (χ2n) is 4.62. The van der Waals surface area contributed by atoms with Crippen molar-refractivity contribution in [2.75, 3.05) is 20.3 Å². The van der Waals surface area contributed by atoms with Gasteiger partial charge in [-0.1, -0.05) is 18.5 Å². The lowest BCUT2D eigenvalue weighted by Crippen LogP contribution is -2.40. The van der Waals surface area contributed by atoms with Crippen LogP contribution in [0.4, 0.5) is 0 Å². The predicted molar refractivity (Wildman–Crippen MR) is 81.7 cm³/mol. The van der Waals surface area contributed by atoms with Crippen LogP contribution in [0.1, 0.15) is 25.8 Å². The van der Waals surface area contributed by atoms with E-state index in [1.165, 1.54) is 29.6 Å². The monoisotopic (exact) mass is 330 g/mol. The summed E-state index contributed by atoms with van der Waals surface area (Å²) in [5, 5.41) is 8.99. The Kier molecular flexibility index (Phi) is 6.62. The van der Waals surface area contributed by atoms with E-state index in [-0.39, 0.29) is 28.1 Å². The number of sulfonamides is 1. The molecule has 21 heavy (non-hydrogen) atoms. The molecule has 0 aliphatic carbocycles. The number of benzene rings is 1. The summed E-state index contributed by atoms with van der Waals surface area (Å²) >= 11 is 5.93. The van der Waals surface area contributed by atoms with Crippen LogP contribution < -0.4 is 0 Å². The zero-order valence-corrected chi connectivity index (χ0v) is 13.9. The third-order valence-electron chi connectivity index (χ3n) is 3.27. The molecule has 0 bridgehead atoms. The third kappa shape index (κ3) is 4.17. The summed E-state index contributed by atoms with van der Waals surface area (Å²) in [5.41, 5.74) is 0.252. The molecule has 0 radical (unpaired) electrons. The maximum absolute atomic E-state index is 12.7. The summed E-state index contributed by atoms with van der Waals surface area (Å²) in [4.78, 5) is 0.0860. The van der Waals surface area contributed by atoms with Crippen molar-refractivity contribution in [3.8, 4) is 6.07 Å². The van der Waals surface area contributed by atoms with E-state index in [1.807, 2.05) is 19.9 Å². The summed E-state index contributed by atoms with van der Waals surface area (Å²) in [6.07, 6.45) is 0.687. The number of hydrogen-bond donors (Lipinski definition) is 0. The Morgan fingerprint density at radius 2 is 2.14 bits per heavy atom. The van der Waals surface area contributed by atoms with Gasteiger partial charge in [0, 0.05) is 19.7 Å². The van der Waals surface area contributed by atoms with Crippen LogP contribution in [0, 0.1) is 11.3 Å². The molecule has 0 saturated heterocycles. The molecule has 1 aromatic carbocycles. The fraction of sp³-hybridized carbons (Fsp3) is 0.500. The van der Waals surface area contributed by atoms with Gasteiger partial charge in [0.05, 0.1) is 22.1 Å². The van der Waals surface area contributed by atoms with E-state index in [1.54, 1.807) is 0 Å². The maximum atomic E-state index is 12.7. The zero-order valence-electron chi connectivity index (χ0n) is 12.3. The topological polar surface area (TPSA) is 70.4 Å². The van der Waals surface area contributed by atoms with E-state index in [0.717, 1.165) is 0 Å². The van der Waals surface area contributed by atoms with E-state index in [4.69, 9.17) is 21.6 Å². The van der Waals surface area contributed by atoms with Gasteiger partial charge < -0.3 is 4.74 Å². The second-order valence-corrected chi connectivity index (χ2v) is 6.92. The van der Waals surface area contributed by atoms with E-state index in [2.05, 4.69) is 0 Å². The SMILES string of the molecule is CC[C@H](C)N(CCOC)S(=O)(=O)c1ccc(C#N)c(Cl)c1. The fourth-order valence-electron chi connectivity index (χ4n) is 1.84. The summed E-state index contributed by atoms with van der Waals surface area (Å²) in [5.74, 6) is 0. The lowest BCUT2D eigenvalue weighted by atomic mass is 10.2. The Morgan fingerprint density at radius 1 is 1.48 bits per heavy atom. The van der Waals surface area contributed by atoms with Crippen molar-refractivity contribution in [1.82, 2.24) is 4.31 Å². The first-order chi connectivity index (χ1) is 9.88. The highest BCUT2D eigenvalue weighted by atomic mass is 35.5. The van der Waals surface area contributed by atoms with E-state index in [9.17, 15) is 8.42 Å². The van der Waals surface area contributed by atoms with Crippen molar-refractivity contribution < 1.29 is 13.2 Å². The highest BCUT2D eigenvalue weighted by Gasteiger charge is 2.28. The number of nitrogens with zero attached hydrogens (tertiary/aromatic N) is 2. The van der Waals surface area contributed by atoms with Crippen molar-refractivity contribution in [3.05, 3.63) is 28.8 Å². The van der Waals surface area contributed by atoms with Crippen molar-refractivity contribution in [3.63, 3.8) is 0 Å². The quantitative estimate of drug-likeness (QED) is 0.770. The highest BCUT2D eigenvalue weighted by Crippen LogP contribution is 2.24. The fourth-order valence-corrected chi connectivity index (χ4v) is 3.85. The molecule has 1 atom stereocenters. The number of methoxy groups -OCH3 is 1. The number of halogens is 1. The Morgan fingerprint density at radius 3 is 2.62 bits per heavy atom. The molecule has 0 spiro atoms. The smallest absolute Gasteiger partial charge is 0.243 e. The predicted octanol–water partition coefficient (Wildman–Crippen LogP) is 2.65.